The lowest BCUT2D eigenvalue weighted by molar-refractivity contribution is -0.143. The lowest BCUT2D eigenvalue weighted by atomic mass is 9.66. The average molecular weight is 502 g/mol. The molecule has 1 aromatic rings. The van der Waals surface area contributed by atoms with Crippen molar-refractivity contribution in [1.82, 2.24) is 15.5 Å². The fraction of sp³-hybridized carbons (Fsp3) is 0.667. The minimum Gasteiger partial charge on any atom is -0.394 e. The zero-order chi connectivity index (χ0) is 25.6. The topological polar surface area (TPSA) is 98.7 Å². The molecule has 3 amide bonds. The van der Waals surface area contributed by atoms with Crippen molar-refractivity contribution in [3.8, 4) is 0 Å². The fourth-order valence-electron chi connectivity index (χ4n) is 6.39. The van der Waals surface area contributed by atoms with E-state index in [2.05, 4.69) is 17.6 Å². The number of rotatable bonds is 8. The van der Waals surface area contributed by atoms with Gasteiger partial charge in [0, 0.05) is 16.8 Å². The first-order chi connectivity index (χ1) is 16.5. The fourth-order valence-corrected chi connectivity index (χ4v) is 8.73. The number of nitrogens with one attached hydrogen (secondary N) is 2. The summed E-state index contributed by atoms with van der Waals surface area (Å²) in [6.45, 7) is 10.2. The largest absolute Gasteiger partial charge is 0.394 e. The van der Waals surface area contributed by atoms with Crippen LogP contribution in [0.4, 0.5) is 0 Å². The van der Waals surface area contributed by atoms with Crippen LogP contribution in [-0.2, 0) is 20.8 Å². The number of likely N-dealkylation sites (tertiary alicyclic amines) is 1. The van der Waals surface area contributed by atoms with Crippen LogP contribution >= 0.6 is 11.8 Å². The molecular weight excluding hydrogens is 462 g/mol. The Labute approximate surface area is 212 Å². The van der Waals surface area contributed by atoms with Crippen LogP contribution in [0, 0.1) is 11.8 Å². The average Bonchev–Trinajstić information content (AvgIpc) is 3.36. The molecule has 2 bridgehead atoms. The van der Waals surface area contributed by atoms with Gasteiger partial charge in [0.1, 0.15) is 6.04 Å². The standard InChI is InChI=1S/C27H39N3O4S/c1-6-14-28-22(32)19-20-24(34)30(18(16-31)15-17-10-8-7-9-11-17)21(23(33)29-25(2,3)4)27(20)13-12-26(19,5)35-27/h7-11,18-21,31H,6,12-16H2,1-5H3,(H,28,32)(H,29,33)/t18-,19+,20+,21?,26-,27?/m1/s1. The quantitative estimate of drug-likeness (QED) is 0.509. The first-order valence-electron chi connectivity index (χ1n) is 12.7. The van der Waals surface area contributed by atoms with E-state index < -0.39 is 39.0 Å². The number of aliphatic hydroxyl groups is 1. The summed E-state index contributed by atoms with van der Waals surface area (Å²) in [7, 11) is 0. The molecule has 7 nitrogen and oxygen atoms in total. The van der Waals surface area contributed by atoms with Gasteiger partial charge in [0.25, 0.3) is 0 Å². The molecular formula is C27H39N3O4S. The number of hydrogen-bond acceptors (Lipinski definition) is 5. The Bertz CT molecular complexity index is 980. The Balaban J connectivity index is 1.77. The summed E-state index contributed by atoms with van der Waals surface area (Å²) in [6, 6.07) is 8.43. The summed E-state index contributed by atoms with van der Waals surface area (Å²) in [5, 5.41) is 16.6. The molecule has 1 spiro atoms. The normalized spacial score (nSPS) is 32.5. The molecule has 8 heteroatoms. The van der Waals surface area contributed by atoms with Crippen molar-refractivity contribution in [2.24, 2.45) is 11.8 Å². The summed E-state index contributed by atoms with van der Waals surface area (Å²) in [5.74, 6) is -1.55. The van der Waals surface area contributed by atoms with Gasteiger partial charge in [-0.3, -0.25) is 14.4 Å². The van der Waals surface area contributed by atoms with E-state index in [4.69, 9.17) is 0 Å². The number of fused-ring (bicyclic) bond motifs is 1. The molecule has 4 rings (SSSR count). The van der Waals surface area contributed by atoms with Gasteiger partial charge in [0.05, 0.1) is 29.2 Å². The molecule has 3 fully saturated rings. The van der Waals surface area contributed by atoms with Crippen LogP contribution in [0.5, 0.6) is 0 Å². The number of aliphatic hydroxyl groups excluding tert-OH is 1. The minimum absolute atomic E-state index is 0.0952. The van der Waals surface area contributed by atoms with E-state index in [-0.39, 0.29) is 24.3 Å². The molecule has 1 aromatic carbocycles. The van der Waals surface area contributed by atoms with Gasteiger partial charge in [-0.25, -0.2) is 0 Å². The number of carbonyl (C=O) groups is 3. The highest BCUT2D eigenvalue weighted by atomic mass is 32.2. The maximum atomic E-state index is 14.2. The van der Waals surface area contributed by atoms with Gasteiger partial charge in [-0.2, -0.15) is 0 Å². The van der Waals surface area contributed by atoms with E-state index in [1.807, 2.05) is 58.0 Å². The van der Waals surface area contributed by atoms with Gasteiger partial charge in [0.15, 0.2) is 0 Å². The van der Waals surface area contributed by atoms with Crippen LogP contribution in [0.2, 0.25) is 0 Å². The third kappa shape index (κ3) is 4.48. The molecule has 35 heavy (non-hydrogen) atoms. The maximum absolute atomic E-state index is 14.2. The highest BCUT2D eigenvalue weighted by Gasteiger charge is 2.77. The molecule has 3 aliphatic heterocycles. The number of amides is 3. The molecule has 6 atom stereocenters. The maximum Gasteiger partial charge on any atom is 0.244 e. The third-order valence-corrected chi connectivity index (χ3v) is 9.70. The van der Waals surface area contributed by atoms with Crippen molar-refractivity contribution in [2.75, 3.05) is 13.2 Å². The van der Waals surface area contributed by atoms with Crippen LogP contribution in [0.25, 0.3) is 0 Å². The monoisotopic (exact) mass is 501 g/mol. The van der Waals surface area contributed by atoms with E-state index in [0.29, 0.717) is 19.4 Å². The van der Waals surface area contributed by atoms with E-state index in [1.165, 1.54) is 0 Å². The molecule has 2 unspecified atom stereocenters. The zero-order valence-corrected chi connectivity index (χ0v) is 22.3. The van der Waals surface area contributed by atoms with Crippen LogP contribution in [-0.4, -0.2) is 68.0 Å². The summed E-state index contributed by atoms with van der Waals surface area (Å²) < 4.78 is -1.07. The molecule has 0 aromatic heterocycles. The van der Waals surface area contributed by atoms with Gasteiger partial charge >= 0.3 is 0 Å². The van der Waals surface area contributed by atoms with Crippen molar-refractivity contribution in [3.05, 3.63) is 35.9 Å². The van der Waals surface area contributed by atoms with Crippen LogP contribution in [0.3, 0.4) is 0 Å². The van der Waals surface area contributed by atoms with E-state index in [0.717, 1.165) is 18.4 Å². The molecule has 3 N–H and O–H groups in total. The molecule has 0 aliphatic carbocycles. The summed E-state index contributed by atoms with van der Waals surface area (Å²) in [6.07, 6.45) is 2.74. The van der Waals surface area contributed by atoms with E-state index >= 15 is 0 Å². The van der Waals surface area contributed by atoms with Crippen molar-refractivity contribution < 1.29 is 19.5 Å². The predicted octanol–water partition coefficient (Wildman–Crippen LogP) is 2.51. The third-order valence-electron chi connectivity index (χ3n) is 7.71. The molecule has 3 heterocycles. The number of hydrogen-bond donors (Lipinski definition) is 3. The van der Waals surface area contributed by atoms with Crippen molar-refractivity contribution >= 4 is 29.5 Å². The minimum atomic E-state index is -0.740. The second-order valence-electron chi connectivity index (χ2n) is 11.5. The van der Waals surface area contributed by atoms with Crippen molar-refractivity contribution in [3.63, 3.8) is 0 Å². The second kappa shape index (κ2) is 9.43. The van der Waals surface area contributed by atoms with Gasteiger partial charge < -0.3 is 20.6 Å². The molecule has 192 valence electrons. The van der Waals surface area contributed by atoms with Crippen LogP contribution < -0.4 is 10.6 Å². The first kappa shape index (κ1) is 26.0. The Morgan fingerprint density at radius 3 is 2.49 bits per heavy atom. The number of benzene rings is 1. The molecule has 0 radical (unpaired) electrons. The Morgan fingerprint density at radius 2 is 1.89 bits per heavy atom. The van der Waals surface area contributed by atoms with Crippen LogP contribution in [0.1, 0.15) is 59.4 Å². The Morgan fingerprint density at radius 1 is 1.20 bits per heavy atom. The van der Waals surface area contributed by atoms with Crippen LogP contribution in [0.15, 0.2) is 30.3 Å². The van der Waals surface area contributed by atoms with Gasteiger partial charge in [-0.15, -0.1) is 11.8 Å². The summed E-state index contributed by atoms with van der Waals surface area (Å²) >= 11 is 1.66. The van der Waals surface area contributed by atoms with E-state index in [1.54, 1.807) is 16.7 Å². The molecule has 3 saturated heterocycles. The first-order valence-corrected chi connectivity index (χ1v) is 13.6. The number of thioether (sulfide) groups is 1. The van der Waals surface area contributed by atoms with E-state index in [9.17, 15) is 19.5 Å². The lowest BCUT2D eigenvalue weighted by Gasteiger charge is -2.38. The lowest BCUT2D eigenvalue weighted by Crippen LogP contribution is -2.59. The predicted molar refractivity (Wildman–Crippen MR) is 138 cm³/mol. The molecule has 3 aliphatic rings. The second-order valence-corrected chi connectivity index (χ2v) is 13.4. The summed E-state index contributed by atoms with van der Waals surface area (Å²) in [5.41, 5.74) is 0.516. The smallest absolute Gasteiger partial charge is 0.244 e. The zero-order valence-electron chi connectivity index (χ0n) is 21.5. The number of carbonyl (C=O) groups excluding carboxylic acids is 3. The Hall–Kier alpha value is -2.06. The highest BCUT2D eigenvalue weighted by molar-refractivity contribution is 8.02. The van der Waals surface area contributed by atoms with Gasteiger partial charge in [0.2, 0.25) is 17.7 Å². The summed E-state index contributed by atoms with van der Waals surface area (Å²) in [4.78, 5) is 43.1. The highest BCUT2D eigenvalue weighted by Crippen LogP contribution is 2.71. The Kier molecular flexibility index (Phi) is 7.01. The van der Waals surface area contributed by atoms with Gasteiger partial charge in [-0.1, -0.05) is 37.3 Å². The van der Waals surface area contributed by atoms with Crippen molar-refractivity contribution in [2.45, 2.75) is 87.4 Å². The number of nitrogens with zero attached hydrogens (tertiary/aromatic N) is 1. The van der Waals surface area contributed by atoms with Crippen molar-refractivity contribution in [1.29, 1.82) is 0 Å². The SMILES string of the molecule is CCCNC(=O)[C@@H]1[C@H]2C(=O)N([C@@H](CO)Cc3ccccc3)C(C(=O)NC(C)(C)C)C23CC[C@@]1(C)S3. The molecule has 0 saturated carbocycles. The van der Waals surface area contributed by atoms with Gasteiger partial charge in [-0.05, 0) is 58.9 Å².